The normalized spacial score (nSPS) is 18.6. The molecule has 14 heavy (non-hydrogen) atoms. The molecule has 80 valence electrons. The molecule has 1 rings (SSSR count). The van der Waals surface area contributed by atoms with Crippen LogP contribution in [0.15, 0.2) is 12.7 Å². The lowest BCUT2D eigenvalue weighted by Gasteiger charge is -2.35. The van der Waals surface area contributed by atoms with Crippen LogP contribution in [0, 0.1) is 5.92 Å². The van der Waals surface area contributed by atoms with E-state index in [0.717, 1.165) is 32.7 Å². The molecule has 1 amide bonds. The second-order valence-electron chi connectivity index (χ2n) is 4.07. The molecule has 3 heteroatoms. The Balaban J connectivity index is 2.35. The van der Waals surface area contributed by atoms with Gasteiger partial charge in [-0.05, 0) is 0 Å². The average molecular weight is 196 g/mol. The Labute approximate surface area is 86.4 Å². The van der Waals surface area contributed by atoms with E-state index in [1.807, 2.05) is 24.8 Å². The molecule has 0 unspecified atom stereocenters. The summed E-state index contributed by atoms with van der Waals surface area (Å²) >= 11 is 0. The van der Waals surface area contributed by atoms with E-state index >= 15 is 0 Å². The molecule has 0 aromatic carbocycles. The molecule has 0 saturated carbocycles. The summed E-state index contributed by atoms with van der Waals surface area (Å²) in [5.41, 5.74) is 0. The third kappa shape index (κ3) is 2.84. The Bertz CT molecular complexity index is 205. The summed E-state index contributed by atoms with van der Waals surface area (Å²) < 4.78 is 0. The van der Waals surface area contributed by atoms with Gasteiger partial charge in [0, 0.05) is 38.6 Å². The van der Waals surface area contributed by atoms with Crippen LogP contribution >= 0.6 is 0 Å². The molecule has 0 aromatic rings. The van der Waals surface area contributed by atoms with Gasteiger partial charge in [-0.15, -0.1) is 6.58 Å². The fraction of sp³-hybridized carbons (Fsp3) is 0.727. The summed E-state index contributed by atoms with van der Waals surface area (Å²) in [6, 6.07) is 0. The molecule has 1 aliphatic heterocycles. The van der Waals surface area contributed by atoms with Crippen molar-refractivity contribution in [1.82, 2.24) is 9.80 Å². The van der Waals surface area contributed by atoms with Crippen molar-refractivity contribution in [2.45, 2.75) is 13.8 Å². The van der Waals surface area contributed by atoms with Crippen LogP contribution in [0.1, 0.15) is 13.8 Å². The van der Waals surface area contributed by atoms with E-state index in [4.69, 9.17) is 0 Å². The van der Waals surface area contributed by atoms with Gasteiger partial charge in [0.1, 0.15) is 0 Å². The summed E-state index contributed by atoms with van der Waals surface area (Å²) in [5.74, 6) is 0.407. The zero-order chi connectivity index (χ0) is 10.6. The van der Waals surface area contributed by atoms with Crippen molar-refractivity contribution in [2.24, 2.45) is 5.92 Å². The molecule has 1 saturated heterocycles. The Hall–Kier alpha value is -0.830. The van der Waals surface area contributed by atoms with Gasteiger partial charge in [-0.2, -0.15) is 0 Å². The average Bonchev–Trinajstić information content (AvgIpc) is 2.18. The highest BCUT2D eigenvalue weighted by Crippen LogP contribution is 2.06. The lowest BCUT2D eigenvalue weighted by Crippen LogP contribution is -2.49. The van der Waals surface area contributed by atoms with Crippen LogP contribution in [-0.2, 0) is 4.79 Å². The van der Waals surface area contributed by atoms with Gasteiger partial charge in [-0.3, -0.25) is 9.69 Å². The van der Waals surface area contributed by atoms with Gasteiger partial charge in [-0.1, -0.05) is 19.9 Å². The molecular weight excluding hydrogens is 176 g/mol. The molecule has 0 atom stereocenters. The molecule has 1 fully saturated rings. The molecular formula is C11H20N2O. The lowest BCUT2D eigenvalue weighted by atomic mass is 10.1. The van der Waals surface area contributed by atoms with Gasteiger partial charge in [-0.25, -0.2) is 0 Å². The highest BCUT2D eigenvalue weighted by Gasteiger charge is 2.21. The molecule has 3 nitrogen and oxygen atoms in total. The summed E-state index contributed by atoms with van der Waals surface area (Å²) in [4.78, 5) is 15.9. The minimum Gasteiger partial charge on any atom is -0.340 e. The van der Waals surface area contributed by atoms with Gasteiger partial charge in [0.05, 0.1) is 0 Å². The van der Waals surface area contributed by atoms with E-state index in [2.05, 4.69) is 11.5 Å². The van der Waals surface area contributed by atoms with Gasteiger partial charge >= 0.3 is 0 Å². The van der Waals surface area contributed by atoms with Crippen LogP contribution in [-0.4, -0.2) is 48.4 Å². The van der Waals surface area contributed by atoms with Crippen molar-refractivity contribution in [3.8, 4) is 0 Å². The van der Waals surface area contributed by atoms with Crippen LogP contribution < -0.4 is 0 Å². The maximum atomic E-state index is 11.6. The van der Waals surface area contributed by atoms with E-state index in [9.17, 15) is 4.79 Å². The number of amides is 1. The predicted molar refractivity (Wildman–Crippen MR) is 58.1 cm³/mol. The zero-order valence-corrected chi connectivity index (χ0v) is 9.20. The Morgan fingerprint density at radius 1 is 1.36 bits per heavy atom. The van der Waals surface area contributed by atoms with Crippen molar-refractivity contribution in [3.05, 3.63) is 12.7 Å². The van der Waals surface area contributed by atoms with E-state index in [1.165, 1.54) is 0 Å². The molecule has 0 spiro atoms. The number of rotatable bonds is 3. The second-order valence-corrected chi connectivity index (χ2v) is 4.07. The van der Waals surface area contributed by atoms with Crippen LogP contribution in [0.5, 0.6) is 0 Å². The van der Waals surface area contributed by atoms with Crippen molar-refractivity contribution in [3.63, 3.8) is 0 Å². The fourth-order valence-corrected chi connectivity index (χ4v) is 1.70. The van der Waals surface area contributed by atoms with Crippen LogP contribution in [0.25, 0.3) is 0 Å². The molecule has 0 bridgehead atoms. The number of carbonyl (C=O) groups is 1. The highest BCUT2D eigenvalue weighted by atomic mass is 16.2. The quantitative estimate of drug-likeness (QED) is 0.628. The molecule has 1 heterocycles. The van der Waals surface area contributed by atoms with Crippen molar-refractivity contribution >= 4 is 5.91 Å². The topological polar surface area (TPSA) is 23.6 Å². The zero-order valence-electron chi connectivity index (χ0n) is 9.20. The molecule has 0 radical (unpaired) electrons. The largest absolute Gasteiger partial charge is 0.340 e. The Morgan fingerprint density at radius 3 is 2.36 bits per heavy atom. The van der Waals surface area contributed by atoms with Crippen LogP contribution in [0.2, 0.25) is 0 Å². The number of piperazine rings is 1. The standard InChI is InChI=1S/C11H20N2O/c1-4-5-12-6-8-13(9-7-12)11(14)10(2)3/h4,10H,1,5-9H2,2-3H3. The van der Waals surface area contributed by atoms with Crippen molar-refractivity contribution in [1.29, 1.82) is 0 Å². The smallest absolute Gasteiger partial charge is 0.225 e. The summed E-state index contributed by atoms with van der Waals surface area (Å²) in [5, 5.41) is 0. The highest BCUT2D eigenvalue weighted by molar-refractivity contribution is 5.78. The lowest BCUT2D eigenvalue weighted by molar-refractivity contribution is -0.136. The minimum absolute atomic E-state index is 0.126. The van der Waals surface area contributed by atoms with Crippen molar-refractivity contribution < 1.29 is 4.79 Å². The monoisotopic (exact) mass is 196 g/mol. The SMILES string of the molecule is C=CCN1CCN(C(=O)C(C)C)CC1. The van der Waals surface area contributed by atoms with Gasteiger partial charge in [0.15, 0.2) is 0 Å². The predicted octanol–water partition coefficient (Wildman–Crippen LogP) is 0.973. The molecule has 0 aliphatic carbocycles. The van der Waals surface area contributed by atoms with E-state index < -0.39 is 0 Å². The van der Waals surface area contributed by atoms with Crippen LogP contribution in [0.4, 0.5) is 0 Å². The first-order chi connectivity index (χ1) is 6.65. The summed E-state index contributed by atoms with van der Waals surface area (Å²) in [6.07, 6.45) is 1.92. The molecule has 1 aliphatic rings. The van der Waals surface area contributed by atoms with Gasteiger partial charge < -0.3 is 4.90 Å². The van der Waals surface area contributed by atoms with Crippen molar-refractivity contribution in [2.75, 3.05) is 32.7 Å². The van der Waals surface area contributed by atoms with E-state index in [0.29, 0.717) is 0 Å². The Morgan fingerprint density at radius 2 is 1.93 bits per heavy atom. The molecule has 0 aromatic heterocycles. The first-order valence-electron chi connectivity index (χ1n) is 5.27. The number of hydrogen-bond acceptors (Lipinski definition) is 2. The first kappa shape index (κ1) is 11.2. The second kappa shape index (κ2) is 5.15. The third-order valence-electron chi connectivity index (χ3n) is 2.57. The number of hydrogen-bond donors (Lipinski definition) is 0. The Kier molecular flexibility index (Phi) is 4.14. The van der Waals surface area contributed by atoms with Gasteiger partial charge in [0.25, 0.3) is 0 Å². The summed E-state index contributed by atoms with van der Waals surface area (Å²) in [6.45, 7) is 12.2. The molecule has 0 N–H and O–H groups in total. The third-order valence-corrected chi connectivity index (χ3v) is 2.57. The summed E-state index contributed by atoms with van der Waals surface area (Å²) in [7, 11) is 0. The van der Waals surface area contributed by atoms with E-state index in [-0.39, 0.29) is 11.8 Å². The number of carbonyl (C=O) groups excluding carboxylic acids is 1. The van der Waals surface area contributed by atoms with E-state index in [1.54, 1.807) is 0 Å². The van der Waals surface area contributed by atoms with Crippen LogP contribution in [0.3, 0.4) is 0 Å². The van der Waals surface area contributed by atoms with Gasteiger partial charge in [0.2, 0.25) is 5.91 Å². The minimum atomic E-state index is 0.126. The maximum absolute atomic E-state index is 11.6. The maximum Gasteiger partial charge on any atom is 0.225 e. The first-order valence-corrected chi connectivity index (χ1v) is 5.27. The number of nitrogens with zero attached hydrogens (tertiary/aromatic N) is 2. The fourth-order valence-electron chi connectivity index (χ4n) is 1.70.